The third-order valence-corrected chi connectivity index (χ3v) is 5.58. The number of amides is 2. The summed E-state index contributed by atoms with van der Waals surface area (Å²) in [5, 5.41) is 8.85. The number of alkyl halides is 3. The Morgan fingerprint density at radius 2 is 1.57 bits per heavy atom. The molecule has 37 heavy (non-hydrogen) atoms. The maximum Gasteiger partial charge on any atom is 0.449 e. The van der Waals surface area contributed by atoms with Crippen LogP contribution in [0.25, 0.3) is 11.0 Å². The number of hydrogen-bond acceptors (Lipinski definition) is 6. The quantitative estimate of drug-likeness (QED) is 0.361. The number of fused-ring (bicyclic) bond motifs is 1. The van der Waals surface area contributed by atoms with E-state index in [0.29, 0.717) is 5.56 Å². The topological polar surface area (TPSA) is 115 Å². The van der Waals surface area contributed by atoms with Crippen LogP contribution in [0.3, 0.4) is 0 Å². The molecular weight excluding hydrogens is 489 g/mol. The van der Waals surface area contributed by atoms with Gasteiger partial charge in [-0.15, -0.1) is 0 Å². The van der Waals surface area contributed by atoms with Gasteiger partial charge in [0.25, 0.3) is 5.91 Å². The van der Waals surface area contributed by atoms with Gasteiger partial charge in [-0.25, -0.2) is 4.98 Å². The van der Waals surface area contributed by atoms with Gasteiger partial charge in [0.15, 0.2) is 5.82 Å². The maximum absolute atomic E-state index is 13.5. The highest BCUT2D eigenvalue weighted by molar-refractivity contribution is 5.94. The molecular formula is C25H25F3N6O3. The number of carbonyl (C=O) groups excluding carboxylic acids is 2. The number of para-hydroxylation sites is 2. The predicted molar refractivity (Wildman–Crippen MR) is 128 cm³/mol. The molecule has 9 nitrogen and oxygen atoms in total. The molecule has 0 unspecified atom stereocenters. The first-order chi connectivity index (χ1) is 17.4. The minimum Gasteiger partial charge on any atom is -0.350 e. The summed E-state index contributed by atoms with van der Waals surface area (Å²) in [5.74, 6) is -2.63. The first-order valence-electron chi connectivity index (χ1n) is 11.5. The number of hydrogen-bond donors (Lipinski definition) is 2. The summed E-state index contributed by atoms with van der Waals surface area (Å²) in [6.45, 7) is 6.06. The highest BCUT2D eigenvalue weighted by Gasteiger charge is 2.38. The minimum atomic E-state index is -4.69. The second-order valence-electron chi connectivity index (χ2n) is 9.36. The molecule has 2 N–H and O–H groups in total. The largest absolute Gasteiger partial charge is 0.449 e. The molecule has 12 heteroatoms. The van der Waals surface area contributed by atoms with Crippen molar-refractivity contribution in [2.75, 3.05) is 13.1 Å². The third-order valence-electron chi connectivity index (χ3n) is 5.58. The van der Waals surface area contributed by atoms with Gasteiger partial charge in [-0.2, -0.15) is 18.2 Å². The van der Waals surface area contributed by atoms with E-state index in [1.807, 2.05) is 12.1 Å². The number of carbonyl (C=O) groups is 2. The summed E-state index contributed by atoms with van der Waals surface area (Å²) < 4.78 is 46.3. The molecule has 2 amide bonds. The lowest BCUT2D eigenvalue weighted by atomic mass is 9.87. The van der Waals surface area contributed by atoms with Crippen molar-refractivity contribution in [3.63, 3.8) is 0 Å². The predicted octanol–water partition coefficient (Wildman–Crippen LogP) is 3.94. The van der Waals surface area contributed by atoms with Crippen molar-refractivity contribution in [2.45, 2.75) is 38.9 Å². The normalized spacial score (nSPS) is 12.1. The van der Waals surface area contributed by atoms with Gasteiger partial charge < -0.3 is 19.7 Å². The second kappa shape index (κ2) is 10.0. The van der Waals surface area contributed by atoms with E-state index in [1.54, 1.807) is 24.3 Å². The van der Waals surface area contributed by atoms with E-state index in [2.05, 4.69) is 46.5 Å². The van der Waals surface area contributed by atoms with E-state index in [0.717, 1.165) is 10.1 Å². The molecule has 194 valence electrons. The lowest BCUT2D eigenvalue weighted by molar-refractivity contribution is -0.146. The Kier molecular flexibility index (Phi) is 7.01. The lowest BCUT2D eigenvalue weighted by Gasteiger charge is -2.19. The van der Waals surface area contributed by atoms with Crippen molar-refractivity contribution >= 4 is 22.8 Å². The molecule has 2 aromatic carbocycles. The van der Waals surface area contributed by atoms with E-state index in [9.17, 15) is 22.8 Å². The summed E-state index contributed by atoms with van der Waals surface area (Å²) in [7, 11) is 0. The molecule has 0 atom stereocenters. The first-order valence-corrected chi connectivity index (χ1v) is 11.5. The standard InChI is InChI=1S/C25H25F3N6O3/c1-24(2,3)16-10-8-15(9-11-16)20(35)29-12-13-30-21(36)22-32-19(33-37-22)14-34-18-7-5-4-6-17(18)31-23(34)25(26,27)28/h4-11H,12-14H2,1-3H3,(H,29,35)(H,30,36). The summed E-state index contributed by atoms with van der Waals surface area (Å²) >= 11 is 0. The zero-order valence-electron chi connectivity index (χ0n) is 20.4. The number of nitrogens with one attached hydrogen (secondary N) is 2. The lowest BCUT2D eigenvalue weighted by Crippen LogP contribution is -2.34. The fourth-order valence-electron chi connectivity index (χ4n) is 3.66. The Morgan fingerprint density at radius 3 is 2.22 bits per heavy atom. The Hall–Kier alpha value is -4.22. The van der Waals surface area contributed by atoms with Gasteiger partial charge in [0, 0.05) is 18.7 Å². The van der Waals surface area contributed by atoms with E-state index >= 15 is 0 Å². The molecule has 0 radical (unpaired) electrons. The van der Waals surface area contributed by atoms with Crippen LogP contribution < -0.4 is 10.6 Å². The fraction of sp³-hybridized carbons (Fsp3) is 0.320. The summed E-state index contributed by atoms with van der Waals surface area (Å²) in [6, 6.07) is 13.4. The number of nitrogens with zero attached hydrogens (tertiary/aromatic N) is 4. The zero-order chi connectivity index (χ0) is 26.8. The minimum absolute atomic E-state index is 0.0267. The van der Waals surface area contributed by atoms with Crippen molar-refractivity contribution in [3.05, 3.63) is 77.2 Å². The van der Waals surface area contributed by atoms with Crippen LogP contribution in [-0.2, 0) is 18.1 Å². The molecule has 0 aliphatic carbocycles. The smallest absolute Gasteiger partial charge is 0.350 e. The van der Waals surface area contributed by atoms with Gasteiger partial charge in [0.05, 0.1) is 17.6 Å². The highest BCUT2D eigenvalue weighted by Crippen LogP contribution is 2.31. The fourth-order valence-corrected chi connectivity index (χ4v) is 3.66. The average molecular weight is 515 g/mol. The SMILES string of the molecule is CC(C)(C)c1ccc(C(=O)NCCNC(=O)c2nc(Cn3c(C(F)(F)F)nc4ccccc43)no2)cc1. The molecule has 0 saturated carbocycles. The summed E-state index contributed by atoms with van der Waals surface area (Å²) in [6.07, 6.45) is -4.69. The van der Waals surface area contributed by atoms with E-state index < -0.39 is 30.3 Å². The van der Waals surface area contributed by atoms with Crippen LogP contribution >= 0.6 is 0 Å². The monoisotopic (exact) mass is 514 g/mol. The van der Waals surface area contributed by atoms with Gasteiger partial charge in [0.2, 0.25) is 5.82 Å². The van der Waals surface area contributed by atoms with Crippen molar-refractivity contribution in [1.29, 1.82) is 0 Å². The third kappa shape index (κ3) is 5.96. The Balaban J connectivity index is 1.33. The van der Waals surface area contributed by atoms with E-state index in [4.69, 9.17) is 4.52 Å². The van der Waals surface area contributed by atoms with E-state index in [1.165, 1.54) is 12.1 Å². The Morgan fingerprint density at radius 1 is 0.919 bits per heavy atom. The van der Waals surface area contributed by atoms with Crippen molar-refractivity contribution in [3.8, 4) is 0 Å². The summed E-state index contributed by atoms with van der Waals surface area (Å²) in [5.41, 5.74) is 1.98. The molecule has 2 aromatic heterocycles. The molecule has 0 spiro atoms. The van der Waals surface area contributed by atoms with Gasteiger partial charge >= 0.3 is 18.0 Å². The molecule has 0 aliphatic rings. The van der Waals surface area contributed by atoms with E-state index in [-0.39, 0.29) is 41.3 Å². The molecule has 0 bridgehead atoms. The molecule has 0 saturated heterocycles. The van der Waals surface area contributed by atoms with Crippen LogP contribution in [0.4, 0.5) is 13.2 Å². The van der Waals surface area contributed by atoms with Crippen LogP contribution in [0.2, 0.25) is 0 Å². The maximum atomic E-state index is 13.5. The number of aromatic nitrogens is 4. The number of halogens is 3. The van der Waals surface area contributed by atoms with Gasteiger partial charge in [-0.1, -0.05) is 50.2 Å². The zero-order valence-corrected chi connectivity index (χ0v) is 20.4. The van der Waals surface area contributed by atoms with Gasteiger partial charge in [-0.3, -0.25) is 9.59 Å². The van der Waals surface area contributed by atoms with Crippen LogP contribution in [0.1, 0.15) is 59.0 Å². The van der Waals surface area contributed by atoms with Crippen molar-refractivity contribution in [2.24, 2.45) is 0 Å². The van der Waals surface area contributed by atoms with Gasteiger partial charge in [-0.05, 0) is 35.2 Å². The van der Waals surface area contributed by atoms with Crippen LogP contribution in [0.5, 0.6) is 0 Å². The number of benzene rings is 2. The molecule has 0 aliphatic heterocycles. The number of rotatable bonds is 7. The van der Waals surface area contributed by atoms with Crippen LogP contribution in [0.15, 0.2) is 53.1 Å². The highest BCUT2D eigenvalue weighted by atomic mass is 19.4. The molecule has 4 aromatic rings. The molecule has 4 rings (SSSR count). The van der Waals surface area contributed by atoms with Crippen molar-refractivity contribution < 1.29 is 27.3 Å². The first kappa shape index (κ1) is 25.9. The summed E-state index contributed by atoms with van der Waals surface area (Å²) in [4.78, 5) is 32.2. The van der Waals surface area contributed by atoms with Crippen LogP contribution in [-0.4, -0.2) is 44.6 Å². The number of imidazole rings is 1. The second-order valence-corrected chi connectivity index (χ2v) is 9.36. The molecule has 2 heterocycles. The van der Waals surface area contributed by atoms with Crippen molar-refractivity contribution in [1.82, 2.24) is 30.3 Å². The van der Waals surface area contributed by atoms with Crippen LogP contribution in [0, 0.1) is 0 Å². The Labute approximate surface area is 210 Å². The molecule has 0 fully saturated rings. The Bertz CT molecular complexity index is 1420. The van der Waals surface area contributed by atoms with Gasteiger partial charge in [0.1, 0.15) is 0 Å². The average Bonchev–Trinajstić information content (AvgIpc) is 3.46.